The first-order valence-corrected chi connectivity index (χ1v) is 10.9. The number of nitrogens with zero attached hydrogens (tertiary/aromatic N) is 3. The molecule has 3 aromatic rings. The number of anilines is 2. The van der Waals surface area contributed by atoms with Crippen molar-refractivity contribution in [1.82, 2.24) is 15.0 Å². The molecular formula is C24H30N4O3. The third-order valence-electron chi connectivity index (χ3n) is 5.66. The van der Waals surface area contributed by atoms with Gasteiger partial charge in [0.05, 0.1) is 13.2 Å². The lowest BCUT2D eigenvalue weighted by Crippen LogP contribution is -2.32. The van der Waals surface area contributed by atoms with E-state index >= 15 is 0 Å². The highest BCUT2D eigenvalue weighted by Crippen LogP contribution is 2.29. The van der Waals surface area contributed by atoms with Gasteiger partial charge in [0.1, 0.15) is 17.3 Å². The minimum Gasteiger partial charge on any atom is -0.494 e. The molecule has 1 aliphatic heterocycles. The van der Waals surface area contributed by atoms with E-state index in [9.17, 15) is 5.11 Å². The maximum absolute atomic E-state index is 9.64. The summed E-state index contributed by atoms with van der Waals surface area (Å²) in [5.41, 5.74) is 3.18. The van der Waals surface area contributed by atoms with Crippen LogP contribution in [0.3, 0.4) is 0 Å². The lowest BCUT2D eigenvalue weighted by Gasteiger charge is -2.32. The fourth-order valence-corrected chi connectivity index (χ4v) is 4.10. The van der Waals surface area contributed by atoms with Gasteiger partial charge in [0.15, 0.2) is 5.82 Å². The number of nitrogens with one attached hydrogen (secondary N) is 1. The molecule has 164 valence electrons. The van der Waals surface area contributed by atoms with Crippen LogP contribution in [0.15, 0.2) is 47.0 Å². The van der Waals surface area contributed by atoms with E-state index in [0.29, 0.717) is 18.3 Å². The number of aryl methyl sites for hydroxylation is 1. The summed E-state index contributed by atoms with van der Waals surface area (Å²) >= 11 is 0. The molecule has 31 heavy (non-hydrogen) atoms. The van der Waals surface area contributed by atoms with Crippen LogP contribution in [0.5, 0.6) is 5.75 Å². The van der Waals surface area contributed by atoms with Crippen LogP contribution in [0.1, 0.15) is 48.3 Å². The van der Waals surface area contributed by atoms with Crippen molar-refractivity contribution in [3.63, 3.8) is 0 Å². The van der Waals surface area contributed by atoms with Gasteiger partial charge in [-0.15, -0.1) is 0 Å². The van der Waals surface area contributed by atoms with Gasteiger partial charge >= 0.3 is 0 Å². The molecule has 0 bridgehead atoms. The first kappa shape index (κ1) is 21.3. The van der Waals surface area contributed by atoms with Crippen molar-refractivity contribution >= 4 is 11.6 Å². The van der Waals surface area contributed by atoms with E-state index in [1.807, 2.05) is 38.1 Å². The first-order valence-electron chi connectivity index (χ1n) is 10.9. The molecule has 3 heterocycles. The Hall–Kier alpha value is -2.90. The van der Waals surface area contributed by atoms with Gasteiger partial charge < -0.3 is 19.7 Å². The van der Waals surface area contributed by atoms with E-state index in [1.54, 1.807) is 0 Å². The molecule has 7 heteroatoms. The molecule has 2 N–H and O–H groups in total. The Bertz CT molecular complexity index is 996. The predicted molar refractivity (Wildman–Crippen MR) is 120 cm³/mol. The Morgan fingerprint density at radius 1 is 1.16 bits per heavy atom. The molecule has 0 amide bonds. The van der Waals surface area contributed by atoms with Crippen molar-refractivity contribution in [3.8, 4) is 5.75 Å². The summed E-state index contributed by atoms with van der Waals surface area (Å²) in [4.78, 5) is 7.27. The number of piperidine rings is 1. The van der Waals surface area contributed by atoms with E-state index in [0.717, 1.165) is 61.1 Å². The lowest BCUT2D eigenvalue weighted by atomic mass is 9.92. The smallest absolute Gasteiger partial charge is 0.175 e. The molecule has 1 saturated heterocycles. The van der Waals surface area contributed by atoms with Gasteiger partial charge in [0.25, 0.3) is 0 Å². The number of benzene rings is 1. The second-order valence-corrected chi connectivity index (χ2v) is 7.98. The number of aromatic nitrogens is 2. The van der Waals surface area contributed by atoms with Gasteiger partial charge in [-0.25, -0.2) is 4.98 Å². The standard InChI is InChI=1S/C24H30N4O3/c1-3-30-22-8-7-18(14-20(22)16-29)15-28-11-9-19(10-12-28)21-5-4-6-23(25-21)26-24-13-17(2)31-27-24/h4-8,13-14,19,29H,3,9-12,15-16H2,1-2H3,(H,25,26,27). The molecule has 0 saturated carbocycles. The van der Waals surface area contributed by atoms with Crippen molar-refractivity contribution in [2.24, 2.45) is 0 Å². The number of likely N-dealkylation sites (tertiary alicyclic amines) is 1. The van der Waals surface area contributed by atoms with E-state index in [-0.39, 0.29) is 6.61 Å². The Morgan fingerprint density at radius 2 is 2.00 bits per heavy atom. The van der Waals surface area contributed by atoms with E-state index in [1.165, 1.54) is 5.56 Å². The fourth-order valence-electron chi connectivity index (χ4n) is 4.10. The van der Waals surface area contributed by atoms with Crippen LogP contribution in [-0.2, 0) is 13.2 Å². The van der Waals surface area contributed by atoms with Crippen LogP contribution < -0.4 is 10.1 Å². The predicted octanol–water partition coefficient (Wildman–Crippen LogP) is 4.39. The summed E-state index contributed by atoms with van der Waals surface area (Å²) in [5.74, 6) is 3.46. The van der Waals surface area contributed by atoms with E-state index < -0.39 is 0 Å². The topological polar surface area (TPSA) is 83.7 Å². The highest BCUT2D eigenvalue weighted by atomic mass is 16.5. The van der Waals surface area contributed by atoms with Gasteiger partial charge in [0, 0.05) is 29.8 Å². The van der Waals surface area contributed by atoms with Gasteiger partial charge in [-0.05, 0) is 69.6 Å². The molecule has 7 nitrogen and oxygen atoms in total. The molecule has 2 aromatic heterocycles. The zero-order chi connectivity index (χ0) is 21.6. The number of hydrogen-bond donors (Lipinski definition) is 2. The SMILES string of the molecule is CCOc1ccc(CN2CCC(c3cccc(Nc4cc(C)on4)n3)CC2)cc1CO. The largest absolute Gasteiger partial charge is 0.494 e. The zero-order valence-corrected chi connectivity index (χ0v) is 18.2. The Kier molecular flexibility index (Phi) is 6.84. The molecular weight excluding hydrogens is 392 g/mol. The van der Waals surface area contributed by atoms with Crippen molar-refractivity contribution in [2.45, 2.75) is 45.8 Å². The van der Waals surface area contributed by atoms with Crippen LogP contribution in [0.25, 0.3) is 0 Å². The Morgan fingerprint density at radius 3 is 2.71 bits per heavy atom. The molecule has 0 spiro atoms. The van der Waals surface area contributed by atoms with Crippen LogP contribution in [0.4, 0.5) is 11.6 Å². The highest BCUT2D eigenvalue weighted by Gasteiger charge is 2.22. The van der Waals surface area contributed by atoms with E-state index in [4.69, 9.17) is 14.2 Å². The second-order valence-electron chi connectivity index (χ2n) is 7.98. The maximum Gasteiger partial charge on any atom is 0.175 e. The second kappa shape index (κ2) is 9.94. The number of pyridine rings is 1. The van der Waals surface area contributed by atoms with Crippen molar-refractivity contribution in [3.05, 3.63) is 65.0 Å². The Balaban J connectivity index is 1.34. The average Bonchev–Trinajstić information content (AvgIpc) is 3.20. The lowest BCUT2D eigenvalue weighted by molar-refractivity contribution is 0.203. The molecule has 1 fully saturated rings. The Labute approximate surface area is 183 Å². The summed E-state index contributed by atoms with van der Waals surface area (Å²) in [6.45, 7) is 7.34. The average molecular weight is 423 g/mol. The fraction of sp³-hybridized carbons (Fsp3) is 0.417. The number of rotatable bonds is 8. The normalized spacial score (nSPS) is 15.2. The number of ether oxygens (including phenoxy) is 1. The minimum absolute atomic E-state index is 0.00476. The van der Waals surface area contributed by atoms with E-state index in [2.05, 4.69) is 33.6 Å². The van der Waals surface area contributed by atoms with Crippen molar-refractivity contribution in [1.29, 1.82) is 0 Å². The number of hydrogen-bond acceptors (Lipinski definition) is 7. The molecule has 4 rings (SSSR count). The molecule has 1 aliphatic rings. The summed E-state index contributed by atoms with van der Waals surface area (Å²) in [6.07, 6.45) is 2.15. The van der Waals surface area contributed by atoms with Gasteiger partial charge in [-0.2, -0.15) is 0 Å². The minimum atomic E-state index is -0.00476. The molecule has 0 aliphatic carbocycles. The van der Waals surface area contributed by atoms with Crippen molar-refractivity contribution in [2.75, 3.05) is 25.0 Å². The maximum atomic E-state index is 9.64. The van der Waals surface area contributed by atoms with Gasteiger partial charge in [-0.1, -0.05) is 17.3 Å². The molecule has 0 radical (unpaired) electrons. The highest BCUT2D eigenvalue weighted by molar-refractivity contribution is 5.51. The van der Waals surface area contributed by atoms with Gasteiger partial charge in [-0.3, -0.25) is 4.90 Å². The number of aliphatic hydroxyl groups excluding tert-OH is 1. The third kappa shape index (κ3) is 5.42. The molecule has 0 atom stereocenters. The third-order valence-corrected chi connectivity index (χ3v) is 5.66. The first-order chi connectivity index (χ1) is 15.1. The van der Waals surface area contributed by atoms with Crippen LogP contribution in [0, 0.1) is 6.92 Å². The summed E-state index contributed by atoms with van der Waals surface area (Å²) in [5, 5.41) is 16.8. The van der Waals surface area contributed by atoms with Gasteiger partial charge in [0.2, 0.25) is 0 Å². The molecule has 1 aromatic carbocycles. The summed E-state index contributed by atoms with van der Waals surface area (Å²) < 4.78 is 10.7. The van der Waals surface area contributed by atoms with Crippen molar-refractivity contribution < 1.29 is 14.4 Å². The number of aliphatic hydroxyl groups is 1. The summed E-state index contributed by atoms with van der Waals surface area (Å²) in [7, 11) is 0. The molecule has 0 unspecified atom stereocenters. The quantitative estimate of drug-likeness (QED) is 0.557. The van der Waals surface area contributed by atoms with Crippen LogP contribution in [-0.4, -0.2) is 39.8 Å². The monoisotopic (exact) mass is 422 g/mol. The van der Waals surface area contributed by atoms with Crippen LogP contribution >= 0.6 is 0 Å². The summed E-state index contributed by atoms with van der Waals surface area (Å²) in [6, 6.07) is 14.1. The zero-order valence-electron chi connectivity index (χ0n) is 18.2. The van der Waals surface area contributed by atoms with Crippen LogP contribution in [0.2, 0.25) is 0 Å².